The second kappa shape index (κ2) is 6.44. The van der Waals surface area contributed by atoms with Crippen LogP contribution in [-0.2, 0) is 0 Å². The molecule has 0 saturated heterocycles. The average Bonchev–Trinajstić information content (AvgIpc) is 2.99. The maximum absolute atomic E-state index is 6.12. The van der Waals surface area contributed by atoms with Crippen LogP contribution in [0.3, 0.4) is 0 Å². The molecule has 1 aromatic heterocycles. The van der Waals surface area contributed by atoms with Crippen LogP contribution in [0.2, 0.25) is 0 Å². The van der Waals surface area contributed by atoms with Crippen molar-refractivity contribution in [3.05, 3.63) is 42.4 Å². The third-order valence-corrected chi connectivity index (χ3v) is 4.81. The molecule has 1 atom stereocenters. The summed E-state index contributed by atoms with van der Waals surface area (Å²) >= 11 is 0. The van der Waals surface area contributed by atoms with E-state index in [0.29, 0.717) is 18.5 Å². The lowest BCUT2D eigenvalue weighted by Gasteiger charge is -2.31. The number of benzene rings is 1. The Labute approximate surface area is 127 Å². The second-order valence-corrected chi connectivity index (χ2v) is 6.25. The molecule has 1 aromatic carbocycles. The summed E-state index contributed by atoms with van der Waals surface area (Å²) in [4.78, 5) is 4.39. The van der Waals surface area contributed by atoms with Crippen LogP contribution in [0.4, 0.5) is 0 Å². The van der Waals surface area contributed by atoms with E-state index < -0.39 is 0 Å². The van der Waals surface area contributed by atoms with Crippen molar-refractivity contribution >= 4 is 0 Å². The van der Waals surface area contributed by atoms with Gasteiger partial charge < -0.3 is 10.3 Å². The van der Waals surface area contributed by atoms with Gasteiger partial charge in [-0.25, -0.2) is 4.98 Å². The van der Waals surface area contributed by atoms with E-state index in [1.165, 1.54) is 48.9 Å². The molecule has 2 aromatic rings. The Hall–Kier alpha value is -1.61. The minimum atomic E-state index is 0.379. The van der Waals surface area contributed by atoms with Crippen LogP contribution in [0.1, 0.15) is 43.7 Å². The standard InChI is InChI=1S/C18H25N3/c1-14-7-9-16(10-8-14)18-12-20-13-21(18)17(11-19)15-5-3-2-4-6-15/h7-10,12-13,15,17H,2-6,11,19H2,1H3. The van der Waals surface area contributed by atoms with E-state index in [2.05, 4.69) is 40.7 Å². The molecule has 1 saturated carbocycles. The first-order valence-electron chi connectivity index (χ1n) is 8.08. The minimum Gasteiger partial charge on any atom is -0.328 e. The Bertz CT molecular complexity index is 564. The Morgan fingerprint density at radius 1 is 1.19 bits per heavy atom. The molecule has 3 nitrogen and oxygen atoms in total. The van der Waals surface area contributed by atoms with Gasteiger partial charge in [-0.3, -0.25) is 0 Å². The number of rotatable bonds is 4. The summed E-state index contributed by atoms with van der Waals surface area (Å²) in [6, 6.07) is 9.05. The van der Waals surface area contributed by atoms with Crippen LogP contribution in [-0.4, -0.2) is 16.1 Å². The van der Waals surface area contributed by atoms with Crippen LogP contribution in [0.5, 0.6) is 0 Å². The molecule has 0 amide bonds. The fourth-order valence-electron chi connectivity index (χ4n) is 3.57. The van der Waals surface area contributed by atoms with Gasteiger partial charge in [0, 0.05) is 6.54 Å². The van der Waals surface area contributed by atoms with Crippen LogP contribution >= 0.6 is 0 Å². The van der Waals surface area contributed by atoms with Crippen molar-refractivity contribution in [3.63, 3.8) is 0 Å². The first kappa shape index (κ1) is 14.3. The number of nitrogens with two attached hydrogens (primary N) is 1. The molecular weight excluding hydrogens is 258 g/mol. The number of aryl methyl sites for hydroxylation is 1. The van der Waals surface area contributed by atoms with E-state index in [4.69, 9.17) is 5.73 Å². The third-order valence-electron chi connectivity index (χ3n) is 4.81. The van der Waals surface area contributed by atoms with Gasteiger partial charge in [-0.15, -0.1) is 0 Å². The Morgan fingerprint density at radius 2 is 1.90 bits per heavy atom. The number of aromatic nitrogens is 2. The quantitative estimate of drug-likeness (QED) is 0.923. The fourth-order valence-corrected chi connectivity index (χ4v) is 3.57. The van der Waals surface area contributed by atoms with Gasteiger partial charge in [0.25, 0.3) is 0 Å². The van der Waals surface area contributed by atoms with Gasteiger partial charge in [-0.2, -0.15) is 0 Å². The lowest BCUT2D eigenvalue weighted by Crippen LogP contribution is -2.28. The molecule has 0 radical (unpaired) electrons. The fraction of sp³-hybridized carbons (Fsp3) is 0.500. The van der Waals surface area contributed by atoms with Gasteiger partial charge in [0.1, 0.15) is 0 Å². The largest absolute Gasteiger partial charge is 0.328 e. The van der Waals surface area contributed by atoms with Gasteiger partial charge >= 0.3 is 0 Å². The third kappa shape index (κ3) is 3.03. The summed E-state index contributed by atoms with van der Waals surface area (Å²) in [7, 11) is 0. The highest BCUT2D eigenvalue weighted by atomic mass is 15.1. The topological polar surface area (TPSA) is 43.8 Å². The molecule has 1 aliphatic rings. The predicted octanol–water partition coefficient (Wildman–Crippen LogP) is 3.94. The van der Waals surface area contributed by atoms with Gasteiger partial charge in [0.15, 0.2) is 0 Å². The second-order valence-electron chi connectivity index (χ2n) is 6.25. The maximum Gasteiger partial charge on any atom is 0.0954 e. The van der Waals surface area contributed by atoms with Crippen LogP contribution < -0.4 is 5.73 Å². The summed E-state index contributed by atoms with van der Waals surface area (Å²) in [5, 5.41) is 0. The summed E-state index contributed by atoms with van der Waals surface area (Å²) < 4.78 is 2.31. The van der Waals surface area contributed by atoms with E-state index in [1.54, 1.807) is 0 Å². The lowest BCUT2D eigenvalue weighted by molar-refractivity contribution is 0.255. The molecule has 1 heterocycles. The van der Waals surface area contributed by atoms with Crippen molar-refractivity contribution < 1.29 is 0 Å². The Morgan fingerprint density at radius 3 is 2.57 bits per heavy atom. The Balaban J connectivity index is 1.91. The van der Waals surface area contributed by atoms with Crippen molar-refractivity contribution in [2.45, 2.75) is 45.1 Å². The van der Waals surface area contributed by atoms with E-state index in [1.807, 2.05) is 12.5 Å². The summed E-state index contributed by atoms with van der Waals surface area (Å²) in [6.07, 6.45) is 10.6. The zero-order valence-corrected chi connectivity index (χ0v) is 12.8. The van der Waals surface area contributed by atoms with Crippen LogP contribution in [0.15, 0.2) is 36.8 Å². The molecular formula is C18H25N3. The van der Waals surface area contributed by atoms with Crippen molar-refractivity contribution in [2.24, 2.45) is 11.7 Å². The summed E-state index contributed by atoms with van der Waals surface area (Å²) in [6.45, 7) is 2.81. The van der Waals surface area contributed by atoms with E-state index in [0.717, 1.165) is 0 Å². The molecule has 0 aliphatic heterocycles. The number of nitrogens with zero attached hydrogens (tertiary/aromatic N) is 2. The molecule has 112 valence electrons. The monoisotopic (exact) mass is 283 g/mol. The molecule has 3 heteroatoms. The Kier molecular flexibility index (Phi) is 4.39. The van der Waals surface area contributed by atoms with Gasteiger partial charge in [-0.1, -0.05) is 49.1 Å². The first-order chi connectivity index (χ1) is 10.3. The van der Waals surface area contributed by atoms with Crippen molar-refractivity contribution in [2.75, 3.05) is 6.54 Å². The number of hydrogen-bond donors (Lipinski definition) is 1. The van der Waals surface area contributed by atoms with E-state index >= 15 is 0 Å². The highest BCUT2D eigenvalue weighted by Gasteiger charge is 2.25. The molecule has 1 aliphatic carbocycles. The highest BCUT2D eigenvalue weighted by Crippen LogP contribution is 2.34. The van der Waals surface area contributed by atoms with E-state index in [-0.39, 0.29) is 0 Å². The molecule has 21 heavy (non-hydrogen) atoms. The highest BCUT2D eigenvalue weighted by molar-refractivity contribution is 5.59. The van der Waals surface area contributed by atoms with Crippen LogP contribution in [0, 0.1) is 12.8 Å². The summed E-state index contributed by atoms with van der Waals surface area (Å²) in [5.74, 6) is 0.696. The SMILES string of the molecule is Cc1ccc(-c2cncn2C(CN)C2CCCCC2)cc1. The van der Waals surface area contributed by atoms with Gasteiger partial charge in [0.05, 0.1) is 24.3 Å². The normalized spacial score (nSPS) is 17.8. The number of hydrogen-bond acceptors (Lipinski definition) is 2. The van der Waals surface area contributed by atoms with Crippen molar-refractivity contribution in [1.29, 1.82) is 0 Å². The molecule has 0 bridgehead atoms. The molecule has 3 rings (SSSR count). The summed E-state index contributed by atoms with van der Waals surface area (Å²) in [5.41, 5.74) is 9.82. The lowest BCUT2D eigenvalue weighted by atomic mass is 9.83. The molecule has 1 unspecified atom stereocenters. The molecule has 0 spiro atoms. The van der Waals surface area contributed by atoms with Crippen molar-refractivity contribution in [3.8, 4) is 11.3 Å². The first-order valence-corrected chi connectivity index (χ1v) is 8.08. The maximum atomic E-state index is 6.12. The van der Waals surface area contributed by atoms with Gasteiger partial charge in [-0.05, 0) is 31.2 Å². The van der Waals surface area contributed by atoms with Crippen LogP contribution in [0.25, 0.3) is 11.3 Å². The van der Waals surface area contributed by atoms with Gasteiger partial charge in [0.2, 0.25) is 0 Å². The minimum absolute atomic E-state index is 0.379. The average molecular weight is 283 g/mol. The number of imidazole rings is 1. The smallest absolute Gasteiger partial charge is 0.0954 e. The molecule has 2 N–H and O–H groups in total. The van der Waals surface area contributed by atoms with Crippen molar-refractivity contribution in [1.82, 2.24) is 9.55 Å². The predicted molar refractivity (Wildman–Crippen MR) is 87.1 cm³/mol. The zero-order valence-electron chi connectivity index (χ0n) is 12.8. The zero-order chi connectivity index (χ0) is 14.7. The molecule has 1 fully saturated rings. The van der Waals surface area contributed by atoms with E-state index in [9.17, 15) is 0 Å².